The van der Waals surface area contributed by atoms with Gasteiger partial charge in [-0.3, -0.25) is 14.9 Å². The van der Waals surface area contributed by atoms with Crippen molar-refractivity contribution in [3.63, 3.8) is 0 Å². The minimum atomic E-state index is -0.768. The van der Waals surface area contributed by atoms with Crippen molar-refractivity contribution in [2.75, 3.05) is 19.7 Å². The van der Waals surface area contributed by atoms with Crippen LogP contribution in [-0.2, 0) is 9.53 Å². The van der Waals surface area contributed by atoms with Gasteiger partial charge in [0.2, 0.25) is 0 Å². The molecule has 28 heavy (non-hydrogen) atoms. The minimum absolute atomic E-state index is 0.0345. The van der Waals surface area contributed by atoms with Gasteiger partial charge >= 0.3 is 5.97 Å². The van der Waals surface area contributed by atoms with Gasteiger partial charge in [0.05, 0.1) is 15.4 Å². The molecule has 0 bridgehead atoms. The van der Waals surface area contributed by atoms with E-state index in [1.807, 2.05) is 45.0 Å². The van der Waals surface area contributed by atoms with Crippen molar-refractivity contribution >= 4 is 29.3 Å². The van der Waals surface area contributed by atoms with E-state index >= 15 is 0 Å². The van der Waals surface area contributed by atoms with Gasteiger partial charge in [-0.05, 0) is 45.0 Å². The van der Waals surface area contributed by atoms with Gasteiger partial charge in [0.25, 0.3) is 11.6 Å². The number of hydrogen-bond donors (Lipinski definition) is 0. The molecular formula is C20H22N2O5S. The number of esters is 1. The van der Waals surface area contributed by atoms with Crippen LogP contribution in [0.15, 0.2) is 52.3 Å². The summed E-state index contributed by atoms with van der Waals surface area (Å²) in [4.78, 5) is 37.9. The first kappa shape index (κ1) is 21.4. The molecule has 2 rings (SSSR count). The Morgan fingerprint density at radius 2 is 1.75 bits per heavy atom. The zero-order valence-electron chi connectivity index (χ0n) is 16.0. The normalized spacial score (nSPS) is 10.4. The first-order chi connectivity index (χ1) is 13.3. The highest BCUT2D eigenvalue weighted by Crippen LogP contribution is 2.35. The van der Waals surface area contributed by atoms with Crippen molar-refractivity contribution in [3.8, 4) is 0 Å². The van der Waals surface area contributed by atoms with Crippen LogP contribution in [0.5, 0.6) is 0 Å². The van der Waals surface area contributed by atoms with Crippen LogP contribution in [0.25, 0.3) is 0 Å². The summed E-state index contributed by atoms with van der Waals surface area (Å²) >= 11 is 1.25. The largest absolute Gasteiger partial charge is 0.452 e. The second kappa shape index (κ2) is 9.89. The van der Waals surface area contributed by atoms with Gasteiger partial charge in [0.1, 0.15) is 0 Å². The van der Waals surface area contributed by atoms with E-state index in [9.17, 15) is 19.7 Å². The van der Waals surface area contributed by atoms with Gasteiger partial charge in [-0.15, -0.1) is 0 Å². The van der Waals surface area contributed by atoms with Gasteiger partial charge in [0, 0.05) is 24.1 Å². The summed E-state index contributed by atoms with van der Waals surface area (Å²) in [6.07, 6.45) is 0. The zero-order valence-corrected chi connectivity index (χ0v) is 16.8. The van der Waals surface area contributed by atoms with Crippen molar-refractivity contribution in [1.82, 2.24) is 4.90 Å². The number of amides is 1. The maximum Gasteiger partial charge on any atom is 0.338 e. The number of nitro benzene ring substituents is 1. The van der Waals surface area contributed by atoms with Crippen LogP contribution in [0.1, 0.15) is 29.8 Å². The number of aryl methyl sites for hydroxylation is 1. The molecule has 0 N–H and O–H groups in total. The summed E-state index contributed by atoms with van der Waals surface area (Å²) in [5.41, 5.74) is 0.943. The lowest BCUT2D eigenvalue weighted by atomic mass is 10.2. The van der Waals surface area contributed by atoms with E-state index in [1.165, 1.54) is 34.9 Å². The number of carbonyl (C=O) groups excluding carboxylic acids is 2. The van der Waals surface area contributed by atoms with Crippen molar-refractivity contribution in [1.29, 1.82) is 0 Å². The topological polar surface area (TPSA) is 89.8 Å². The molecular weight excluding hydrogens is 380 g/mol. The molecule has 0 aliphatic heterocycles. The summed E-state index contributed by atoms with van der Waals surface area (Å²) < 4.78 is 5.02. The van der Waals surface area contributed by atoms with E-state index in [0.717, 1.165) is 10.5 Å². The molecule has 0 aliphatic carbocycles. The maximum atomic E-state index is 12.2. The van der Waals surface area contributed by atoms with Crippen molar-refractivity contribution in [2.45, 2.75) is 30.6 Å². The third-order valence-corrected chi connectivity index (χ3v) is 5.16. The Labute approximate surface area is 167 Å². The van der Waals surface area contributed by atoms with Gasteiger partial charge in [-0.2, -0.15) is 0 Å². The Hall–Kier alpha value is -2.87. The first-order valence-corrected chi connectivity index (χ1v) is 9.65. The molecule has 2 aromatic rings. The standard InChI is InChI=1S/C20H22N2O5S/c1-4-21(5-2)19(23)13-27-20(24)15-8-11-18(17(12-15)22(25)26)28-16-9-6-14(3)7-10-16/h6-12H,4-5,13H2,1-3H3. The number of benzene rings is 2. The van der Waals surface area contributed by atoms with Crippen LogP contribution in [0.2, 0.25) is 0 Å². The molecule has 148 valence electrons. The Kier molecular flexibility index (Phi) is 7.57. The number of rotatable bonds is 8. The van der Waals surface area contributed by atoms with E-state index in [-0.39, 0.29) is 17.2 Å². The van der Waals surface area contributed by atoms with E-state index in [1.54, 1.807) is 0 Å². The van der Waals surface area contributed by atoms with E-state index in [4.69, 9.17) is 4.74 Å². The fraction of sp³-hybridized carbons (Fsp3) is 0.300. The highest BCUT2D eigenvalue weighted by Gasteiger charge is 2.20. The monoisotopic (exact) mass is 402 g/mol. The number of likely N-dealkylation sites (N-methyl/N-ethyl adjacent to an activating group) is 1. The molecule has 8 heteroatoms. The predicted octanol–water partition coefficient (Wildman–Crippen LogP) is 4.08. The summed E-state index contributed by atoms with van der Waals surface area (Å²) in [5.74, 6) is -1.07. The molecule has 0 fully saturated rings. The van der Waals surface area contributed by atoms with Crippen LogP contribution >= 0.6 is 11.8 Å². The summed E-state index contributed by atoms with van der Waals surface area (Å²) in [6.45, 7) is 6.26. The molecule has 1 amide bonds. The molecule has 0 spiro atoms. The number of hydrogen-bond acceptors (Lipinski definition) is 6. The molecule has 2 aromatic carbocycles. The Morgan fingerprint density at radius 1 is 1.11 bits per heavy atom. The number of nitro groups is 1. The van der Waals surface area contributed by atoms with Gasteiger partial charge in [-0.25, -0.2) is 4.79 Å². The van der Waals surface area contributed by atoms with E-state index in [0.29, 0.717) is 18.0 Å². The lowest BCUT2D eigenvalue weighted by Crippen LogP contribution is -2.34. The molecule has 0 saturated heterocycles. The summed E-state index contributed by atoms with van der Waals surface area (Å²) in [6, 6.07) is 11.8. The van der Waals surface area contributed by atoms with Crippen LogP contribution in [0, 0.1) is 17.0 Å². The molecule has 0 atom stereocenters. The fourth-order valence-electron chi connectivity index (χ4n) is 2.48. The van der Waals surface area contributed by atoms with Crippen LogP contribution < -0.4 is 0 Å². The molecule has 0 radical (unpaired) electrons. The molecule has 0 unspecified atom stereocenters. The van der Waals surface area contributed by atoms with Crippen molar-refractivity contribution in [2.24, 2.45) is 0 Å². The third kappa shape index (κ3) is 5.56. The smallest absolute Gasteiger partial charge is 0.338 e. The quantitative estimate of drug-likeness (QED) is 0.375. The van der Waals surface area contributed by atoms with Gasteiger partial charge < -0.3 is 9.64 Å². The van der Waals surface area contributed by atoms with Crippen LogP contribution in [0.4, 0.5) is 5.69 Å². The SMILES string of the molecule is CCN(CC)C(=O)COC(=O)c1ccc(Sc2ccc(C)cc2)c([N+](=O)[O-])c1. The summed E-state index contributed by atoms with van der Waals surface area (Å²) in [5, 5.41) is 11.5. The van der Waals surface area contributed by atoms with Crippen molar-refractivity contribution in [3.05, 3.63) is 63.7 Å². The average Bonchev–Trinajstić information content (AvgIpc) is 2.69. The molecule has 7 nitrogen and oxygen atoms in total. The highest BCUT2D eigenvalue weighted by molar-refractivity contribution is 7.99. The van der Waals surface area contributed by atoms with Crippen molar-refractivity contribution < 1.29 is 19.2 Å². The highest BCUT2D eigenvalue weighted by atomic mass is 32.2. The molecule has 0 aromatic heterocycles. The van der Waals surface area contributed by atoms with Crippen LogP contribution in [-0.4, -0.2) is 41.4 Å². The van der Waals surface area contributed by atoms with Crippen LogP contribution in [0.3, 0.4) is 0 Å². The predicted molar refractivity (Wildman–Crippen MR) is 107 cm³/mol. The number of carbonyl (C=O) groups is 2. The Bertz CT molecular complexity index is 863. The number of ether oxygens (including phenoxy) is 1. The zero-order chi connectivity index (χ0) is 20.7. The third-order valence-electron chi connectivity index (χ3n) is 4.08. The van der Waals surface area contributed by atoms with E-state index < -0.39 is 17.5 Å². The summed E-state index contributed by atoms with van der Waals surface area (Å²) in [7, 11) is 0. The number of nitrogens with zero attached hydrogens (tertiary/aromatic N) is 2. The second-order valence-electron chi connectivity index (χ2n) is 6.00. The fourth-order valence-corrected chi connectivity index (χ4v) is 3.39. The maximum absolute atomic E-state index is 12.2. The minimum Gasteiger partial charge on any atom is -0.452 e. The molecule has 0 heterocycles. The first-order valence-electron chi connectivity index (χ1n) is 8.83. The Balaban J connectivity index is 2.14. The van der Waals surface area contributed by atoms with E-state index in [2.05, 4.69) is 0 Å². The van der Waals surface area contributed by atoms with Gasteiger partial charge in [-0.1, -0.05) is 29.5 Å². The lowest BCUT2D eigenvalue weighted by molar-refractivity contribution is -0.387. The molecule has 0 aliphatic rings. The van der Waals surface area contributed by atoms with Gasteiger partial charge in [0.15, 0.2) is 6.61 Å². The average molecular weight is 402 g/mol. The second-order valence-corrected chi connectivity index (χ2v) is 7.11. The molecule has 0 saturated carbocycles. The lowest BCUT2D eigenvalue weighted by Gasteiger charge is -2.18. The Morgan fingerprint density at radius 3 is 2.32 bits per heavy atom.